The molecule has 7 nitrogen and oxygen atoms in total. The lowest BCUT2D eigenvalue weighted by Gasteiger charge is -2.01. The molecule has 2 rings (SSSR count). The number of aromatic nitrogens is 1. The smallest absolute Gasteiger partial charge is 0.355 e. The van der Waals surface area contributed by atoms with E-state index in [2.05, 4.69) is 4.98 Å². The fraction of sp³-hybridized carbons (Fsp3) is 0.222. The number of allylic oxidation sites excluding steroid dienone is 1. The minimum Gasteiger partial charge on any atom is -0.461 e. The van der Waals surface area contributed by atoms with Gasteiger partial charge in [-0.3, -0.25) is 14.9 Å². The maximum Gasteiger partial charge on any atom is 0.355 e. The third-order valence-corrected chi connectivity index (χ3v) is 4.08. The zero-order valence-corrected chi connectivity index (χ0v) is 15.2. The van der Waals surface area contributed by atoms with E-state index < -0.39 is 10.9 Å². The van der Waals surface area contributed by atoms with E-state index in [-0.39, 0.29) is 28.8 Å². The van der Waals surface area contributed by atoms with Crippen LogP contribution in [0.2, 0.25) is 5.02 Å². The fourth-order valence-electron chi connectivity index (χ4n) is 2.56. The lowest BCUT2D eigenvalue weighted by molar-refractivity contribution is -0.384. The lowest BCUT2D eigenvalue weighted by Crippen LogP contribution is -2.07. The summed E-state index contributed by atoms with van der Waals surface area (Å²) in [5.41, 5.74) is 1.88. The number of hydrogen-bond acceptors (Lipinski definition) is 5. The number of nitro groups is 1. The second-order valence-electron chi connectivity index (χ2n) is 5.51. The number of esters is 1. The number of halogens is 1. The summed E-state index contributed by atoms with van der Waals surface area (Å²) in [5, 5.41) is 10.9. The molecule has 2 aromatic rings. The van der Waals surface area contributed by atoms with E-state index in [9.17, 15) is 19.7 Å². The summed E-state index contributed by atoms with van der Waals surface area (Å²) in [6.45, 7) is 5.27. The third kappa shape index (κ3) is 4.00. The molecule has 1 N–H and O–H groups in total. The predicted molar refractivity (Wildman–Crippen MR) is 97.7 cm³/mol. The highest BCUT2D eigenvalue weighted by atomic mass is 35.5. The summed E-state index contributed by atoms with van der Waals surface area (Å²) < 4.78 is 4.96. The van der Waals surface area contributed by atoms with Crippen LogP contribution in [0.15, 0.2) is 24.3 Å². The topological polar surface area (TPSA) is 102 Å². The summed E-state index contributed by atoms with van der Waals surface area (Å²) in [5.74, 6) is -0.853. The SMILES string of the molecule is CCOC(=O)c1[nH]c(C)c(C(=O)/C=C/c2ccc(Cl)c([N+](=O)[O-])c2)c1C. The third-order valence-electron chi connectivity index (χ3n) is 3.76. The Balaban J connectivity index is 2.31. The molecule has 0 bridgehead atoms. The van der Waals surface area contributed by atoms with E-state index in [1.165, 1.54) is 24.3 Å². The minimum atomic E-state index is -0.590. The monoisotopic (exact) mass is 376 g/mol. The second-order valence-corrected chi connectivity index (χ2v) is 5.92. The van der Waals surface area contributed by atoms with Gasteiger partial charge < -0.3 is 9.72 Å². The van der Waals surface area contributed by atoms with Gasteiger partial charge in [-0.05, 0) is 44.0 Å². The van der Waals surface area contributed by atoms with Gasteiger partial charge in [-0.1, -0.05) is 23.7 Å². The molecule has 8 heteroatoms. The van der Waals surface area contributed by atoms with Crippen molar-refractivity contribution in [1.82, 2.24) is 4.98 Å². The van der Waals surface area contributed by atoms with Gasteiger partial charge in [0.2, 0.25) is 0 Å². The number of nitrogens with one attached hydrogen (secondary N) is 1. The van der Waals surface area contributed by atoms with Gasteiger partial charge in [0.1, 0.15) is 10.7 Å². The molecule has 0 aliphatic heterocycles. The normalized spacial score (nSPS) is 10.9. The summed E-state index contributed by atoms with van der Waals surface area (Å²) in [7, 11) is 0. The van der Waals surface area contributed by atoms with E-state index in [0.29, 0.717) is 22.4 Å². The number of hydrogen-bond donors (Lipinski definition) is 1. The number of H-pyrrole nitrogens is 1. The van der Waals surface area contributed by atoms with Crippen molar-refractivity contribution in [2.24, 2.45) is 0 Å². The zero-order chi connectivity index (χ0) is 19.4. The van der Waals surface area contributed by atoms with Gasteiger partial charge in [-0.25, -0.2) is 4.79 Å². The van der Waals surface area contributed by atoms with Crippen LogP contribution in [0.1, 0.15) is 44.6 Å². The van der Waals surface area contributed by atoms with Crippen molar-refractivity contribution >= 4 is 35.1 Å². The lowest BCUT2D eigenvalue weighted by atomic mass is 10.0. The van der Waals surface area contributed by atoms with Crippen LogP contribution in [0.4, 0.5) is 5.69 Å². The number of benzene rings is 1. The average Bonchev–Trinajstić information content (AvgIpc) is 2.88. The first-order valence-corrected chi connectivity index (χ1v) is 8.16. The van der Waals surface area contributed by atoms with Gasteiger partial charge in [-0.2, -0.15) is 0 Å². The Morgan fingerprint density at radius 1 is 1.35 bits per heavy atom. The molecule has 1 heterocycles. The van der Waals surface area contributed by atoms with Gasteiger partial charge in [0.25, 0.3) is 5.69 Å². The number of aromatic amines is 1. The summed E-state index contributed by atoms with van der Waals surface area (Å²) in [6, 6.07) is 4.25. The minimum absolute atomic E-state index is 0.0230. The number of carbonyl (C=O) groups excluding carboxylic acids is 2. The van der Waals surface area contributed by atoms with Crippen molar-refractivity contribution in [2.45, 2.75) is 20.8 Å². The molecular weight excluding hydrogens is 360 g/mol. The number of ether oxygens (including phenoxy) is 1. The maximum atomic E-state index is 12.5. The van der Waals surface area contributed by atoms with Crippen LogP contribution in [0.25, 0.3) is 6.08 Å². The number of rotatable bonds is 6. The first-order valence-electron chi connectivity index (χ1n) is 7.78. The van der Waals surface area contributed by atoms with Crippen LogP contribution in [0.5, 0.6) is 0 Å². The molecular formula is C18H17ClN2O5. The average molecular weight is 377 g/mol. The van der Waals surface area contributed by atoms with Gasteiger partial charge in [0, 0.05) is 17.3 Å². The maximum absolute atomic E-state index is 12.5. The van der Waals surface area contributed by atoms with Gasteiger partial charge in [0.05, 0.1) is 11.5 Å². The van der Waals surface area contributed by atoms with Crippen LogP contribution in [-0.4, -0.2) is 28.3 Å². The fourth-order valence-corrected chi connectivity index (χ4v) is 2.74. The van der Waals surface area contributed by atoms with Crippen molar-refractivity contribution in [3.63, 3.8) is 0 Å². The van der Waals surface area contributed by atoms with Crippen molar-refractivity contribution in [3.05, 3.63) is 67.5 Å². The molecule has 0 atom stereocenters. The second kappa shape index (κ2) is 7.97. The van der Waals surface area contributed by atoms with Crippen molar-refractivity contribution in [1.29, 1.82) is 0 Å². The van der Waals surface area contributed by atoms with E-state index in [1.807, 2.05) is 0 Å². The molecule has 0 saturated carbocycles. The van der Waals surface area contributed by atoms with Crippen LogP contribution >= 0.6 is 11.6 Å². The number of nitrogens with zero attached hydrogens (tertiary/aromatic N) is 1. The Bertz CT molecular complexity index is 915. The molecule has 0 spiro atoms. The van der Waals surface area contributed by atoms with Gasteiger partial charge in [-0.15, -0.1) is 0 Å². The van der Waals surface area contributed by atoms with Gasteiger partial charge in [0.15, 0.2) is 5.78 Å². The molecule has 0 unspecified atom stereocenters. The quantitative estimate of drug-likeness (QED) is 0.267. The molecule has 1 aromatic carbocycles. The first kappa shape index (κ1) is 19.4. The van der Waals surface area contributed by atoms with E-state index in [4.69, 9.17) is 16.3 Å². The molecule has 0 radical (unpaired) electrons. The molecule has 26 heavy (non-hydrogen) atoms. The molecule has 1 aromatic heterocycles. The molecule has 0 aliphatic rings. The number of aryl methyl sites for hydroxylation is 1. The summed E-state index contributed by atoms with van der Waals surface area (Å²) >= 11 is 5.77. The highest BCUT2D eigenvalue weighted by molar-refractivity contribution is 6.32. The Labute approximate surface area is 154 Å². The summed E-state index contributed by atoms with van der Waals surface area (Å²) in [6.07, 6.45) is 2.76. The van der Waals surface area contributed by atoms with E-state index in [0.717, 1.165) is 0 Å². The molecule has 0 saturated heterocycles. The molecule has 0 fully saturated rings. The number of carbonyl (C=O) groups is 2. The van der Waals surface area contributed by atoms with Crippen molar-refractivity contribution in [2.75, 3.05) is 6.61 Å². The molecule has 0 amide bonds. The van der Waals surface area contributed by atoms with E-state index in [1.54, 1.807) is 26.8 Å². The Morgan fingerprint density at radius 3 is 2.65 bits per heavy atom. The zero-order valence-electron chi connectivity index (χ0n) is 14.5. The Morgan fingerprint density at radius 2 is 2.04 bits per heavy atom. The van der Waals surface area contributed by atoms with Crippen LogP contribution < -0.4 is 0 Å². The standard InChI is InChI=1S/C18H17ClN2O5/c1-4-26-18(23)17-10(2)16(11(3)20-17)15(22)8-6-12-5-7-13(19)14(9-12)21(24)25/h5-9,20H,4H2,1-3H3/b8-6+. The van der Waals surface area contributed by atoms with Crippen LogP contribution in [0, 0.1) is 24.0 Å². The first-order chi connectivity index (χ1) is 12.3. The van der Waals surface area contributed by atoms with Crippen LogP contribution in [-0.2, 0) is 4.74 Å². The number of nitro benzene ring substituents is 1. The Kier molecular flexibility index (Phi) is 5.94. The predicted octanol–water partition coefficient (Wildman–Crippen LogP) is 4.27. The van der Waals surface area contributed by atoms with Crippen molar-refractivity contribution in [3.8, 4) is 0 Å². The largest absolute Gasteiger partial charge is 0.461 e. The number of ketones is 1. The van der Waals surface area contributed by atoms with Gasteiger partial charge >= 0.3 is 5.97 Å². The van der Waals surface area contributed by atoms with Crippen LogP contribution in [0.3, 0.4) is 0 Å². The van der Waals surface area contributed by atoms with E-state index >= 15 is 0 Å². The highest BCUT2D eigenvalue weighted by Gasteiger charge is 2.21. The Hall–Kier alpha value is -2.93. The highest BCUT2D eigenvalue weighted by Crippen LogP contribution is 2.26. The summed E-state index contributed by atoms with van der Waals surface area (Å²) in [4.78, 5) is 37.6. The van der Waals surface area contributed by atoms with Crippen molar-refractivity contribution < 1.29 is 19.2 Å². The molecule has 136 valence electrons. The molecule has 0 aliphatic carbocycles.